The van der Waals surface area contributed by atoms with Crippen molar-refractivity contribution in [3.8, 4) is 0 Å². The molecule has 1 atom stereocenters. The Labute approximate surface area is 119 Å². The topological polar surface area (TPSA) is 39.7 Å². The van der Waals surface area contributed by atoms with Gasteiger partial charge in [-0.2, -0.15) is 0 Å². The molecule has 0 radical (unpaired) electrons. The van der Waals surface area contributed by atoms with Crippen molar-refractivity contribution in [3.05, 3.63) is 0 Å². The number of guanidine groups is 1. The molecule has 1 fully saturated rings. The first-order chi connectivity index (χ1) is 9.26. The second-order valence-corrected chi connectivity index (χ2v) is 5.68. The minimum Gasteiger partial charge on any atom is -0.356 e. The SMILES string of the molecule is CCCCCNC(=NC)NCCN1CCCC(C)C1. The van der Waals surface area contributed by atoms with Gasteiger partial charge in [-0.25, -0.2) is 0 Å². The molecule has 1 aliphatic rings. The van der Waals surface area contributed by atoms with Crippen LogP contribution >= 0.6 is 0 Å². The van der Waals surface area contributed by atoms with E-state index < -0.39 is 0 Å². The first-order valence-corrected chi connectivity index (χ1v) is 7.93. The van der Waals surface area contributed by atoms with E-state index in [1.807, 2.05) is 7.05 Å². The van der Waals surface area contributed by atoms with Crippen LogP contribution in [0.15, 0.2) is 4.99 Å². The summed E-state index contributed by atoms with van der Waals surface area (Å²) in [7, 11) is 1.85. The molecule has 1 rings (SSSR count). The van der Waals surface area contributed by atoms with Crippen molar-refractivity contribution in [3.63, 3.8) is 0 Å². The van der Waals surface area contributed by atoms with E-state index >= 15 is 0 Å². The number of unbranched alkanes of at least 4 members (excludes halogenated alkanes) is 2. The Balaban J connectivity index is 2.08. The summed E-state index contributed by atoms with van der Waals surface area (Å²) in [6, 6.07) is 0. The van der Waals surface area contributed by atoms with Crippen molar-refractivity contribution in [2.75, 3.05) is 39.8 Å². The Morgan fingerprint density at radius 2 is 2.05 bits per heavy atom. The summed E-state index contributed by atoms with van der Waals surface area (Å²) >= 11 is 0. The largest absolute Gasteiger partial charge is 0.356 e. The quantitative estimate of drug-likeness (QED) is 0.422. The summed E-state index contributed by atoms with van der Waals surface area (Å²) in [4.78, 5) is 6.82. The molecule has 0 bridgehead atoms. The maximum atomic E-state index is 4.26. The maximum absolute atomic E-state index is 4.26. The number of hydrogen-bond donors (Lipinski definition) is 2. The van der Waals surface area contributed by atoms with Gasteiger partial charge in [-0.05, 0) is 31.7 Å². The van der Waals surface area contributed by atoms with Gasteiger partial charge in [-0.3, -0.25) is 4.99 Å². The lowest BCUT2D eigenvalue weighted by Crippen LogP contribution is -2.43. The number of hydrogen-bond acceptors (Lipinski definition) is 2. The Bertz CT molecular complexity index is 253. The second-order valence-electron chi connectivity index (χ2n) is 5.68. The number of nitrogens with one attached hydrogen (secondary N) is 2. The molecule has 0 aliphatic carbocycles. The van der Waals surface area contributed by atoms with Gasteiger partial charge in [0.25, 0.3) is 0 Å². The molecular formula is C15H32N4. The van der Waals surface area contributed by atoms with E-state index in [0.29, 0.717) is 0 Å². The maximum Gasteiger partial charge on any atom is 0.191 e. The molecule has 0 saturated carbocycles. The third-order valence-electron chi connectivity index (χ3n) is 3.76. The minimum absolute atomic E-state index is 0.861. The highest BCUT2D eigenvalue weighted by atomic mass is 15.2. The predicted molar refractivity (Wildman–Crippen MR) is 83.7 cm³/mol. The number of rotatable bonds is 7. The number of aliphatic imine (C=N–C) groups is 1. The van der Waals surface area contributed by atoms with Gasteiger partial charge in [0.15, 0.2) is 5.96 Å². The predicted octanol–water partition coefficient (Wildman–Crippen LogP) is 2.07. The summed E-state index contributed by atoms with van der Waals surface area (Å²) in [5, 5.41) is 6.78. The summed E-state index contributed by atoms with van der Waals surface area (Å²) < 4.78 is 0. The van der Waals surface area contributed by atoms with Crippen molar-refractivity contribution < 1.29 is 0 Å². The molecule has 1 heterocycles. The first-order valence-electron chi connectivity index (χ1n) is 7.93. The lowest BCUT2D eigenvalue weighted by atomic mass is 10.0. The standard InChI is InChI=1S/C15H32N4/c1-4-5-6-9-17-15(16-3)18-10-12-19-11-7-8-14(2)13-19/h14H,4-13H2,1-3H3,(H2,16,17,18). The van der Waals surface area contributed by atoms with Crippen LogP contribution in [-0.2, 0) is 0 Å². The van der Waals surface area contributed by atoms with E-state index in [1.165, 1.54) is 45.2 Å². The third kappa shape index (κ3) is 7.41. The highest BCUT2D eigenvalue weighted by Gasteiger charge is 2.15. The van der Waals surface area contributed by atoms with Gasteiger partial charge in [-0.1, -0.05) is 26.7 Å². The van der Waals surface area contributed by atoms with Crippen LogP contribution in [0.25, 0.3) is 0 Å². The molecule has 2 N–H and O–H groups in total. The van der Waals surface area contributed by atoms with E-state index in [-0.39, 0.29) is 0 Å². The van der Waals surface area contributed by atoms with Gasteiger partial charge in [0.05, 0.1) is 0 Å². The molecule has 4 heteroatoms. The average Bonchev–Trinajstić information content (AvgIpc) is 2.41. The van der Waals surface area contributed by atoms with Gasteiger partial charge < -0.3 is 15.5 Å². The highest BCUT2D eigenvalue weighted by Crippen LogP contribution is 2.14. The lowest BCUT2D eigenvalue weighted by Gasteiger charge is -2.30. The Morgan fingerprint density at radius 3 is 2.74 bits per heavy atom. The molecule has 0 aromatic rings. The van der Waals surface area contributed by atoms with Gasteiger partial charge in [-0.15, -0.1) is 0 Å². The van der Waals surface area contributed by atoms with E-state index in [0.717, 1.165) is 31.5 Å². The monoisotopic (exact) mass is 268 g/mol. The molecule has 112 valence electrons. The fraction of sp³-hybridized carbons (Fsp3) is 0.933. The second kappa shape index (κ2) is 10.1. The van der Waals surface area contributed by atoms with Crippen LogP contribution in [0, 0.1) is 5.92 Å². The van der Waals surface area contributed by atoms with Crippen LogP contribution in [0.2, 0.25) is 0 Å². The summed E-state index contributed by atoms with van der Waals surface area (Å²) in [5.74, 6) is 1.81. The molecule has 19 heavy (non-hydrogen) atoms. The van der Waals surface area contributed by atoms with Crippen LogP contribution in [0.1, 0.15) is 46.0 Å². The highest BCUT2D eigenvalue weighted by molar-refractivity contribution is 5.79. The van der Waals surface area contributed by atoms with Gasteiger partial charge in [0, 0.05) is 33.2 Å². The molecule has 0 amide bonds. The van der Waals surface area contributed by atoms with Crippen molar-refractivity contribution >= 4 is 5.96 Å². The zero-order valence-electron chi connectivity index (χ0n) is 13.0. The van der Waals surface area contributed by atoms with Crippen LogP contribution < -0.4 is 10.6 Å². The molecule has 0 aromatic heterocycles. The van der Waals surface area contributed by atoms with Crippen LogP contribution in [0.5, 0.6) is 0 Å². The molecule has 0 spiro atoms. The Hall–Kier alpha value is -0.770. The molecule has 1 aliphatic heterocycles. The number of nitrogens with zero attached hydrogens (tertiary/aromatic N) is 2. The Kier molecular flexibility index (Phi) is 8.63. The molecule has 1 unspecified atom stereocenters. The molecule has 1 saturated heterocycles. The molecule has 0 aromatic carbocycles. The Morgan fingerprint density at radius 1 is 1.26 bits per heavy atom. The van der Waals surface area contributed by atoms with E-state index in [2.05, 4.69) is 34.4 Å². The summed E-state index contributed by atoms with van der Waals surface area (Å²) in [6.07, 6.45) is 6.52. The van der Waals surface area contributed by atoms with E-state index in [1.54, 1.807) is 0 Å². The van der Waals surface area contributed by atoms with Crippen LogP contribution in [-0.4, -0.2) is 50.6 Å². The smallest absolute Gasteiger partial charge is 0.191 e. The van der Waals surface area contributed by atoms with Crippen molar-refractivity contribution in [1.29, 1.82) is 0 Å². The van der Waals surface area contributed by atoms with E-state index in [4.69, 9.17) is 0 Å². The zero-order chi connectivity index (χ0) is 13.9. The lowest BCUT2D eigenvalue weighted by molar-refractivity contribution is 0.187. The first kappa shape index (κ1) is 16.3. The van der Waals surface area contributed by atoms with E-state index in [9.17, 15) is 0 Å². The summed E-state index contributed by atoms with van der Waals surface area (Å²) in [6.45, 7) is 10.2. The normalized spacial score (nSPS) is 21.4. The van der Waals surface area contributed by atoms with Crippen molar-refractivity contribution in [2.24, 2.45) is 10.9 Å². The molecular weight excluding hydrogens is 236 g/mol. The third-order valence-corrected chi connectivity index (χ3v) is 3.76. The fourth-order valence-corrected chi connectivity index (χ4v) is 2.62. The van der Waals surface area contributed by atoms with Gasteiger partial charge >= 0.3 is 0 Å². The number of piperidine rings is 1. The van der Waals surface area contributed by atoms with Gasteiger partial charge in [0.1, 0.15) is 0 Å². The van der Waals surface area contributed by atoms with Crippen LogP contribution in [0.3, 0.4) is 0 Å². The fourth-order valence-electron chi connectivity index (χ4n) is 2.62. The number of likely N-dealkylation sites (tertiary alicyclic amines) is 1. The molecule has 4 nitrogen and oxygen atoms in total. The minimum atomic E-state index is 0.861. The van der Waals surface area contributed by atoms with Crippen molar-refractivity contribution in [1.82, 2.24) is 15.5 Å². The average molecular weight is 268 g/mol. The zero-order valence-corrected chi connectivity index (χ0v) is 13.0. The van der Waals surface area contributed by atoms with Gasteiger partial charge in [0.2, 0.25) is 0 Å². The summed E-state index contributed by atoms with van der Waals surface area (Å²) in [5.41, 5.74) is 0. The van der Waals surface area contributed by atoms with Crippen molar-refractivity contribution in [2.45, 2.75) is 46.0 Å². The van der Waals surface area contributed by atoms with Crippen LogP contribution in [0.4, 0.5) is 0 Å².